The van der Waals surface area contributed by atoms with Crippen molar-refractivity contribution in [2.24, 2.45) is 0 Å². The van der Waals surface area contributed by atoms with E-state index in [1.807, 2.05) is 13.8 Å². The molecule has 0 unspecified atom stereocenters. The molecular weight excluding hydrogens is 298 g/mol. The number of carbonyl (C=O) groups excluding carboxylic acids is 1. The summed E-state index contributed by atoms with van der Waals surface area (Å²) in [7, 11) is 0. The van der Waals surface area contributed by atoms with Crippen LogP contribution in [0.25, 0.3) is 11.1 Å². The zero-order valence-electron chi connectivity index (χ0n) is 13.4. The molecule has 2 aromatic rings. The number of carboxylic acids is 1. The maximum Gasteiger partial charge on any atom is 0.326 e. The number of nitrogens with zero attached hydrogens (tertiary/aromatic N) is 3. The molecule has 122 valence electrons. The number of hydrogen-bond acceptors (Lipinski definition) is 5. The van der Waals surface area contributed by atoms with Gasteiger partial charge in [-0.15, -0.1) is 0 Å². The molecule has 3 rings (SSSR count). The second kappa shape index (κ2) is 5.64. The van der Waals surface area contributed by atoms with Crippen molar-refractivity contribution in [1.82, 2.24) is 15.0 Å². The van der Waals surface area contributed by atoms with Crippen molar-refractivity contribution in [2.75, 3.05) is 6.54 Å². The molecule has 0 spiro atoms. The minimum absolute atomic E-state index is 0.116. The van der Waals surface area contributed by atoms with E-state index in [-0.39, 0.29) is 11.8 Å². The van der Waals surface area contributed by atoms with Crippen molar-refractivity contribution >= 4 is 23.0 Å². The van der Waals surface area contributed by atoms with Crippen molar-refractivity contribution < 1.29 is 19.2 Å². The highest BCUT2D eigenvalue weighted by atomic mass is 16.5. The molecule has 1 saturated heterocycles. The van der Waals surface area contributed by atoms with Crippen molar-refractivity contribution in [3.05, 3.63) is 23.0 Å². The van der Waals surface area contributed by atoms with E-state index in [1.165, 1.54) is 4.90 Å². The van der Waals surface area contributed by atoms with E-state index in [2.05, 4.69) is 10.1 Å². The number of fused-ring (bicyclic) bond motifs is 1. The Balaban J connectivity index is 2.12. The Labute approximate surface area is 133 Å². The Bertz CT molecular complexity index is 781. The molecule has 1 amide bonds. The molecule has 0 aliphatic carbocycles. The second-order valence-corrected chi connectivity index (χ2v) is 6.19. The number of amides is 1. The molecule has 0 bridgehead atoms. The summed E-state index contributed by atoms with van der Waals surface area (Å²) in [6, 6.07) is 0.963. The van der Waals surface area contributed by atoms with Gasteiger partial charge in [0.2, 0.25) is 0 Å². The molecule has 23 heavy (non-hydrogen) atoms. The zero-order valence-corrected chi connectivity index (χ0v) is 13.4. The number of carbonyl (C=O) groups is 2. The predicted molar refractivity (Wildman–Crippen MR) is 82.3 cm³/mol. The monoisotopic (exact) mass is 317 g/mol. The lowest BCUT2D eigenvalue weighted by molar-refractivity contribution is -0.141. The van der Waals surface area contributed by atoms with Gasteiger partial charge in [-0.05, 0) is 31.7 Å². The average molecular weight is 317 g/mol. The van der Waals surface area contributed by atoms with Gasteiger partial charge in [-0.3, -0.25) is 4.79 Å². The van der Waals surface area contributed by atoms with Gasteiger partial charge in [0.05, 0.1) is 16.6 Å². The van der Waals surface area contributed by atoms with Gasteiger partial charge in [0.25, 0.3) is 11.6 Å². The molecule has 0 aromatic carbocycles. The van der Waals surface area contributed by atoms with Gasteiger partial charge >= 0.3 is 5.97 Å². The zero-order chi connectivity index (χ0) is 16.7. The Morgan fingerprint density at radius 2 is 2.17 bits per heavy atom. The number of rotatable bonds is 3. The minimum Gasteiger partial charge on any atom is -0.480 e. The van der Waals surface area contributed by atoms with Gasteiger partial charge in [0.1, 0.15) is 6.04 Å². The van der Waals surface area contributed by atoms with Gasteiger partial charge < -0.3 is 14.5 Å². The first kappa shape index (κ1) is 15.5. The largest absolute Gasteiger partial charge is 0.480 e. The molecule has 1 aliphatic heterocycles. The van der Waals surface area contributed by atoms with E-state index < -0.39 is 12.0 Å². The van der Waals surface area contributed by atoms with Gasteiger partial charge in [-0.1, -0.05) is 19.0 Å². The summed E-state index contributed by atoms with van der Waals surface area (Å²) in [6.07, 6.45) is 1.17. The maximum absolute atomic E-state index is 13.0. The average Bonchev–Trinajstić information content (AvgIpc) is 3.13. The number of hydrogen-bond donors (Lipinski definition) is 1. The topological polar surface area (TPSA) is 96.5 Å². The highest BCUT2D eigenvalue weighted by Gasteiger charge is 2.35. The molecule has 2 aromatic heterocycles. The minimum atomic E-state index is -0.965. The lowest BCUT2D eigenvalue weighted by Crippen LogP contribution is -2.40. The third-order valence-corrected chi connectivity index (χ3v) is 4.26. The van der Waals surface area contributed by atoms with E-state index in [0.717, 1.165) is 5.69 Å². The van der Waals surface area contributed by atoms with Crippen molar-refractivity contribution in [2.45, 2.75) is 45.6 Å². The molecule has 1 aliphatic rings. The fourth-order valence-corrected chi connectivity index (χ4v) is 3.00. The Morgan fingerprint density at radius 1 is 1.43 bits per heavy atom. The standard InChI is InChI=1S/C16H19N3O4/c1-8(2)11-7-10(13-9(3)18-23-14(13)17-11)15(20)19-6-4-5-12(19)16(21)22/h7-8,12H,4-6H2,1-3H3,(H,21,22)/t12-/m0/s1. The molecule has 0 radical (unpaired) electrons. The number of carboxylic acid groups (broad SMARTS) is 1. The SMILES string of the molecule is Cc1noc2nc(C(C)C)cc(C(=O)N3CCC[C@H]3C(=O)O)c12. The van der Waals surface area contributed by atoms with E-state index in [9.17, 15) is 14.7 Å². The van der Waals surface area contributed by atoms with Crippen LogP contribution in [0.4, 0.5) is 0 Å². The number of aromatic nitrogens is 2. The van der Waals surface area contributed by atoms with Gasteiger partial charge in [0, 0.05) is 12.2 Å². The summed E-state index contributed by atoms with van der Waals surface area (Å²) in [5.41, 5.74) is 2.05. The highest BCUT2D eigenvalue weighted by molar-refractivity contribution is 6.07. The number of aryl methyl sites for hydroxylation is 1. The number of pyridine rings is 1. The lowest BCUT2D eigenvalue weighted by atomic mass is 10.0. The quantitative estimate of drug-likeness (QED) is 0.933. The number of aliphatic carboxylic acids is 1. The third-order valence-electron chi connectivity index (χ3n) is 4.26. The Morgan fingerprint density at radius 3 is 2.83 bits per heavy atom. The molecule has 7 heteroatoms. The lowest BCUT2D eigenvalue weighted by Gasteiger charge is -2.22. The van der Waals surface area contributed by atoms with Crippen LogP contribution in [0.5, 0.6) is 0 Å². The molecule has 0 saturated carbocycles. The molecule has 3 heterocycles. The molecule has 1 N–H and O–H groups in total. The maximum atomic E-state index is 13.0. The van der Waals surface area contributed by atoms with Crippen molar-refractivity contribution in [3.8, 4) is 0 Å². The van der Waals surface area contributed by atoms with E-state index >= 15 is 0 Å². The van der Waals surface area contributed by atoms with Gasteiger partial charge in [0.15, 0.2) is 0 Å². The normalized spacial score (nSPS) is 18.1. The molecule has 1 fully saturated rings. The van der Waals surface area contributed by atoms with Crippen LogP contribution in [-0.4, -0.2) is 44.6 Å². The van der Waals surface area contributed by atoms with Gasteiger partial charge in [-0.25, -0.2) is 9.78 Å². The summed E-state index contributed by atoms with van der Waals surface area (Å²) >= 11 is 0. The van der Waals surface area contributed by atoms with Crippen LogP contribution in [0.15, 0.2) is 10.6 Å². The predicted octanol–water partition coefficient (Wildman–Crippen LogP) is 2.34. The smallest absolute Gasteiger partial charge is 0.326 e. The van der Waals surface area contributed by atoms with E-state index in [4.69, 9.17) is 4.52 Å². The summed E-state index contributed by atoms with van der Waals surface area (Å²) < 4.78 is 5.22. The summed E-state index contributed by atoms with van der Waals surface area (Å²) in [5.74, 6) is -1.15. The van der Waals surface area contributed by atoms with Crippen LogP contribution in [0.2, 0.25) is 0 Å². The second-order valence-electron chi connectivity index (χ2n) is 6.19. The van der Waals surface area contributed by atoms with Crippen molar-refractivity contribution in [3.63, 3.8) is 0 Å². The van der Waals surface area contributed by atoms with E-state index in [1.54, 1.807) is 13.0 Å². The fourth-order valence-electron chi connectivity index (χ4n) is 3.00. The molecule has 1 atom stereocenters. The van der Waals surface area contributed by atoms with Crippen molar-refractivity contribution in [1.29, 1.82) is 0 Å². The summed E-state index contributed by atoms with van der Waals surface area (Å²) in [4.78, 5) is 30.2. The number of likely N-dealkylation sites (tertiary alicyclic amines) is 1. The first-order valence-corrected chi connectivity index (χ1v) is 7.71. The van der Waals surface area contributed by atoms with Crippen LogP contribution in [-0.2, 0) is 4.79 Å². The first-order valence-electron chi connectivity index (χ1n) is 7.71. The molecular formula is C16H19N3O4. The van der Waals surface area contributed by atoms with Crippen LogP contribution in [0.1, 0.15) is 54.4 Å². The van der Waals surface area contributed by atoms with Gasteiger partial charge in [-0.2, -0.15) is 0 Å². The highest BCUT2D eigenvalue weighted by Crippen LogP contribution is 2.28. The van der Waals surface area contributed by atoms with Crippen LogP contribution in [0.3, 0.4) is 0 Å². The van der Waals surface area contributed by atoms with Crippen LogP contribution < -0.4 is 0 Å². The van der Waals surface area contributed by atoms with Crippen LogP contribution in [0, 0.1) is 6.92 Å². The fraction of sp³-hybridized carbons (Fsp3) is 0.500. The Hall–Kier alpha value is -2.44. The summed E-state index contributed by atoms with van der Waals surface area (Å²) in [6.45, 7) is 6.14. The first-order chi connectivity index (χ1) is 10.9. The summed E-state index contributed by atoms with van der Waals surface area (Å²) in [5, 5.41) is 13.8. The van der Waals surface area contributed by atoms with Crippen LogP contribution >= 0.6 is 0 Å². The van der Waals surface area contributed by atoms with E-state index in [0.29, 0.717) is 41.7 Å². The Kier molecular flexibility index (Phi) is 3.79. The molecule has 7 nitrogen and oxygen atoms in total. The third kappa shape index (κ3) is 2.56.